The second-order valence-electron chi connectivity index (χ2n) is 5.52. The summed E-state index contributed by atoms with van der Waals surface area (Å²) in [6.07, 6.45) is 3.82. The summed E-state index contributed by atoms with van der Waals surface area (Å²) < 4.78 is 11.6. The van der Waals surface area contributed by atoms with E-state index in [2.05, 4.69) is 30.2 Å². The van der Waals surface area contributed by atoms with E-state index in [0.29, 0.717) is 13.2 Å². The van der Waals surface area contributed by atoms with E-state index < -0.39 is 0 Å². The smallest absolute Gasteiger partial charge is 0.0940 e. The van der Waals surface area contributed by atoms with Gasteiger partial charge in [-0.1, -0.05) is 6.07 Å². The number of aryl methyl sites for hydroxylation is 1. The first kappa shape index (κ1) is 13.5. The number of morpholine rings is 1. The number of hydrogen-bond donors (Lipinski definition) is 1. The monoisotopic (exact) mass is 250 g/mol. The molecule has 0 amide bonds. The van der Waals surface area contributed by atoms with E-state index in [1.807, 2.05) is 19.3 Å². The molecule has 0 bridgehead atoms. The average molecular weight is 250 g/mol. The molecule has 1 unspecified atom stereocenters. The summed E-state index contributed by atoms with van der Waals surface area (Å²) in [5.41, 5.74) is 2.17. The minimum Gasteiger partial charge on any atom is -0.374 e. The van der Waals surface area contributed by atoms with Crippen LogP contribution in [0.4, 0.5) is 0 Å². The Morgan fingerprint density at radius 2 is 2.33 bits per heavy atom. The van der Waals surface area contributed by atoms with Crippen molar-refractivity contribution >= 4 is 0 Å². The van der Waals surface area contributed by atoms with Crippen LogP contribution >= 0.6 is 0 Å². The van der Waals surface area contributed by atoms with E-state index in [1.54, 1.807) is 0 Å². The van der Waals surface area contributed by atoms with Gasteiger partial charge >= 0.3 is 0 Å². The van der Waals surface area contributed by atoms with Crippen LogP contribution in [0, 0.1) is 6.92 Å². The maximum absolute atomic E-state index is 5.93. The molecule has 1 N–H and O–H groups in total. The number of rotatable bonds is 4. The number of nitrogens with zero attached hydrogens (tertiary/aromatic N) is 1. The molecule has 2 heterocycles. The van der Waals surface area contributed by atoms with Crippen molar-refractivity contribution in [3.8, 4) is 0 Å². The van der Waals surface area contributed by atoms with Crippen LogP contribution in [0.3, 0.4) is 0 Å². The topological polar surface area (TPSA) is 43.4 Å². The van der Waals surface area contributed by atoms with Crippen molar-refractivity contribution in [2.45, 2.75) is 39.1 Å². The maximum atomic E-state index is 5.93. The lowest BCUT2D eigenvalue weighted by atomic mass is 10.1. The van der Waals surface area contributed by atoms with Crippen LogP contribution in [0.1, 0.15) is 25.0 Å². The standard InChI is InChI=1S/C14H22N2O2/c1-11-4-12(6-15-5-11)8-17-9-13-7-16-10-14(2,3)18-13/h4-6,13,16H,7-10H2,1-3H3. The number of aromatic nitrogens is 1. The molecule has 0 spiro atoms. The molecule has 2 rings (SSSR count). The van der Waals surface area contributed by atoms with Gasteiger partial charge in [0.1, 0.15) is 0 Å². The third kappa shape index (κ3) is 4.05. The van der Waals surface area contributed by atoms with Crippen molar-refractivity contribution in [1.82, 2.24) is 10.3 Å². The number of nitrogens with one attached hydrogen (secondary N) is 1. The molecule has 1 aromatic heterocycles. The Labute approximate surface area is 109 Å². The maximum Gasteiger partial charge on any atom is 0.0940 e. The third-order valence-electron chi connectivity index (χ3n) is 2.91. The van der Waals surface area contributed by atoms with E-state index in [9.17, 15) is 0 Å². The molecule has 1 aliphatic rings. The molecule has 1 aliphatic heterocycles. The van der Waals surface area contributed by atoms with Crippen molar-refractivity contribution < 1.29 is 9.47 Å². The van der Waals surface area contributed by atoms with Gasteiger partial charge in [-0.3, -0.25) is 4.98 Å². The molecule has 1 aromatic rings. The van der Waals surface area contributed by atoms with E-state index in [4.69, 9.17) is 9.47 Å². The van der Waals surface area contributed by atoms with Crippen molar-refractivity contribution in [3.63, 3.8) is 0 Å². The van der Waals surface area contributed by atoms with Crippen LogP contribution in [0.2, 0.25) is 0 Å². The van der Waals surface area contributed by atoms with Crippen LogP contribution in [0.25, 0.3) is 0 Å². The molecule has 4 nitrogen and oxygen atoms in total. The Morgan fingerprint density at radius 3 is 3.06 bits per heavy atom. The summed E-state index contributed by atoms with van der Waals surface area (Å²) in [7, 11) is 0. The highest BCUT2D eigenvalue weighted by Gasteiger charge is 2.28. The lowest BCUT2D eigenvalue weighted by Crippen LogP contribution is -2.51. The van der Waals surface area contributed by atoms with Crippen molar-refractivity contribution in [1.29, 1.82) is 0 Å². The molecule has 100 valence electrons. The van der Waals surface area contributed by atoms with Crippen LogP contribution in [0.15, 0.2) is 18.5 Å². The largest absolute Gasteiger partial charge is 0.374 e. The predicted molar refractivity (Wildman–Crippen MR) is 70.5 cm³/mol. The van der Waals surface area contributed by atoms with Gasteiger partial charge in [-0.25, -0.2) is 0 Å². The zero-order chi connectivity index (χ0) is 13.0. The van der Waals surface area contributed by atoms with Crippen LogP contribution < -0.4 is 5.32 Å². The van der Waals surface area contributed by atoms with E-state index in [-0.39, 0.29) is 11.7 Å². The summed E-state index contributed by atoms with van der Waals surface area (Å²) in [6, 6.07) is 2.09. The summed E-state index contributed by atoms with van der Waals surface area (Å²) in [4.78, 5) is 4.15. The molecular weight excluding hydrogens is 228 g/mol. The second-order valence-corrected chi connectivity index (χ2v) is 5.52. The van der Waals surface area contributed by atoms with Crippen molar-refractivity contribution in [2.75, 3.05) is 19.7 Å². The fourth-order valence-electron chi connectivity index (χ4n) is 2.17. The van der Waals surface area contributed by atoms with Gasteiger partial charge < -0.3 is 14.8 Å². The van der Waals surface area contributed by atoms with Gasteiger partial charge in [0, 0.05) is 25.5 Å². The first-order valence-corrected chi connectivity index (χ1v) is 6.42. The molecule has 0 aromatic carbocycles. The second kappa shape index (κ2) is 5.78. The van der Waals surface area contributed by atoms with E-state index in [0.717, 1.165) is 24.2 Å². The number of ether oxygens (including phenoxy) is 2. The number of hydrogen-bond acceptors (Lipinski definition) is 4. The van der Waals surface area contributed by atoms with Crippen LogP contribution in [0.5, 0.6) is 0 Å². The van der Waals surface area contributed by atoms with Crippen molar-refractivity contribution in [2.24, 2.45) is 0 Å². The van der Waals surface area contributed by atoms with Crippen molar-refractivity contribution in [3.05, 3.63) is 29.6 Å². The zero-order valence-corrected chi connectivity index (χ0v) is 11.4. The third-order valence-corrected chi connectivity index (χ3v) is 2.91. The lowest BCUT2D eigenvalue weighted by Gasteiger charge is -2.36. The first-order valence-electron chi connectivity index (χ1n) is 6.42. The first-order chi connectivity index (χ1) is 8.55. The molecule has 18 heavy (non-hydrogen) atoms. The molecule has 0 saturated carbocycles. The Bertz CT molecular complexity index is 393. The summed E-state index contributed by atoms with van der Waals surface area (Å²) in [6.45, 7) is 9.18. The van der Waals surface area contributed by atoms with Gasteiger partial charge in [-0.05, 0) is 31.9 Å². The summed E-state index contributed by atoms with van der Waals surface area (Å²) >= 11 is 0. The molecule has 4 heteroatoms. The Kier molecular flexibility index (Phi) is 4.32. The fourth-order valence-corrected chi connectivity index (χ4v) is 2.17. The SMILES string of the molecule is Cc1cncc(COCC2CNCC(C)(C)O2)c1. The summed E-state index contributed by atoms with van der Waals surface area (Å²) in [5, 5.41) is 3.37. The molecule has 1 fully saturated rings. The molecule has 0 aliphatic carbocycles. The molecule has 0 radical (unpaired) electrons. The number of pyridine rings is 1. The minimum atomic E-state index is -0.100. The van der Waals surface area contributed by atoms with Crippen LogP contribution in [-0.4, -0.2) is 36.4 Å². The van der Waals surface area contributed by atoms with Gasteiger partial charge in [0.25, 0.3) is 0 Å². The van der Waals surface area contributed by atoms with Gasteiger partial charge in [-0.2, -0.15) is 0 Å². The van der Waals surface area contributed by atoms with Gasteiger partial charge in [0.05, 0.1) is 24.9 Å². The zero-order valence-electron chi connectivity index (χ0n) is 11.4. The highest BCUT2D eigenvalue weighted by atomic mass is 16.5. The van der Waals surface area contributed by atoms with Gasteiger partial charge in [0.15, 0.2) is 0 Å². The Hall–Kier alpha value is -0.970. The molecule has 1 atom stereocenters. The predicted octanol–water partition coefficient (Wildman–Crippen LogP) is 1.67. The lowest BCUT2D eigenvalue weighted by molar-refractivity contribution is -0.122. The molecule has 1 saturated heterocycles. The quantitative estimate of drug-likeness (QED) is 0.883. The Morgan fingerprint density at radius 1 is 1.50 bits per heavy atom. The summed E-state index contributed by atoms with van der Waals surface area (Å²) in [5.74, 6) is 0. The Balaban J connectivity index is 1.75. The van der Waals surface area contributed by atoms with Gasteiger partial charge in [-0.15, -0.1) is 0 Å². The van der Waals surface area contributed by atoms with Crippen LogP contribution in [-0.2, 0) is 16.1 Å². The van der Waals surface area contributed by atoms with E-state index in [1.165, 1.54) is 0 Å². The van der Waals surface area contributed by atoms with E-state index >= 15 is 0 Å². The fraction of sp³-hybridized carbons (Fsp3) is 0.643. The molecular formula is C14H22N2O2. The normalized spacial score (nSPS) is 22.9. The average Bonchev–Trinajstić information content (AvgIpc) is 2.28. The van der Waals surface area contributed by atoms with Gasteiger partial charge in [0.2, 0.25) is 0 Å². The highest BCUT2D eigenvalue weighted by molar-refractivity contribution is 5.15. The highest BCUT2D eigenvalue weighted by Crippen LogP contribution is 2.15. The minimum absolute atomic E-state index is 0.100.